The van der Waals surface area contributed by atoms with Gasteiger partial charge in [0.15, 0.2) is 5.78 Å². The third kappa shape index (κ3) is 2.33. The maximum absolute atomic E-state index is 11.5. The Kier molecular flexibility index (Phi) is 3.66. The molecule has 2 N–H and O–H groups in total. The van der Waals surface area contributed by atoms with Crippen LogP contribution in [-0.2, 0) is 0 Å². The Balaban J connectivity index is 3.14. The van der Waals surface area contributed by atoms with E-state index in [2.05, 4.69) is 21.2 Å². The summed E-state index contributed by atoms with van der Waals surface area (Å²) in [6.07, 6.45) is 0. The molecule has 0 radical (unpaired) electrons. The minimum atomic E-state index is -0.128. The lowest BCUT2D eigenvalue weighted by Gasteiger charge is -2.07. The van der Waals surface area contributed by atoms with E-state index in [0.717, 1.165) is 5.56 Å². The van der Waals surface area contributed by atoms with Gasteiger partial charge in [0.1, 0.15) is 5.75 Å². The Morgan fingerprint density at radius 1 is 1.57 bits per heavy atom. The van der Waals surface area contributed by atoms with Crippen molar-refractivity contribution in [1.82, 2.24) is 5.32 Å². The summed E-state index contributed by atoms with van der Waals surface area (Å²) in [6.45, 7) is 2.08. The number of rotatable bonds is 3. The average Bonchev–Trinajstić information content (AvgIpc) is 2.01. The van der Waals surface area contributed by atoms with E-state index >= 15 is 0 Å². The number of benzene rings is 1. The normalized spacial score (nSPS) is 10.2. The molecule has 0 aromatic heterocycles. The van der Waals surface area contributed by atoms with Crippen LogP contribution >= 0.6 is 15.9 Å². The summed E-state index contributed by atoms with van der Waals surface area (Å²) < 4.78 is 0.634. The number of likely N-dealkylation sites (N-methyl/N-ethyl adjacent to an activating group) is 1. The fourth-order valence-electron chi connectivity index (χ4n) is 1.25. The molecule has 14 heavy (non-hydrogen) atoms. The van der Waals surface area contributed by atoms with Crippen molar-refractivity contribution in [2.75, 3.05) is 13.6 Å². The molecule has 1 rings (SSSR count). The van der Waals surface area contributed by atoms with Crippen LogP contribution in [0.15, 0.2) is 16.6 Å². The highest BCUT2D eigenvalue weighted by Gasteiger charge is 2.14. The molecule has 0 bridgehead atoms. The lowest BCUT2D eigenvalue weighted by Crippen LogP contribution is -2.19. The predicted octanol–water partition coefficient (Wildman–Crippen LogP) is 1.87. The van der Waals surface area contributed by atoms with E-state index in [1.807, 2.05) is 13.0 Å². The topological polar surface area (TPSA) is 49.3 Å². The number of hydrogen-bond donors (Lipinski definition) is 2. The van der Waals surface area contributed by atoms with Crippen LogP contribution in [-0.4, -0.2) is 24.5 Å². The summed E-state index contributed by atoms with van der Waals surface area (Å²) in [7, 11) is 1.69. The van der Waals surface area contributed by atoms with E-state index in [1.54, 1.807) is 13.1 Å². The number of phenols is 1. The molecule has 0 aliphatic carbocycles. The van der Waals surface area contributed by atoms with E-state index < -0.39 is 0 Å². The van der Waals surface area contributed by atoms with Crippen molar-refractivity contribution in [2.24, 2.45) is 0 Å². The van der Waals surface area contributed by atoms with E-state index in [-0.39, 0.29) is 18.1 Å². The van der Waals surface area contributed by atoms with Gasteiger partial charge in [-0.2, -0.15) is 0 Å². The molecule has 0 saturated heterocycles. The lowest BCUT2D eigenvalue weighted by molar-refractivity contribution is 0.0990. The zero-order chi connectivity index (χ0) is 10.7. The zero-order valence-corrected chi connectivity index (χ0v) is 9.68. The number of Topliss-reactive ketones (excluding diaryl/α,β-unsaturated/α-hetero) is 1. The van der Waals surface area contributed by atoms with Gasteiger partial charge < -0.3 is 10.4 Å². The van der Waals surface area contributed by atoms with Crippen LogP contribution in [0.4, 0.5) is 0 Å². The summed E-state index contributed by atoms with van der Waals surface area (Å²) in [4.78, 5) is 11.5. The first kappa shape index (κ1) is 11.2. The average molecular weight is 258 g/mol. The molecule has 4 heteroatoms. The van der Waals surface area contributed by atoms with Gasteiger partial charge in [0.25, 0.3) is 0 Å². The Hall–Kier alpha value is -0.870. The maximum atomic E-state index is 11.5. The number of aryl methyl sites for hydroxylation is 1. The van der Waals surface area contributed by atoms with Crippen molar-refractivity contribution < 1.29 is 9.90 Å². The number of nitrogens with one attached hydrogen (secondary N) is 1. The highest BCUT2D eigenvalue weighted by atomic mass is 79.9. The number of halogens is 1. The lowest BCUT2D eigenvalue weighted by atomic mass is 10.1. The van der Waals surface area contributed by atoms with Gasteiger partial charge in [-0.1, -0.05) is 0 Å². The number of carbonyl (C=O) groups excluding carboxylic acids is 1. The molecule has 0 atom stereocenters. The number of ketones is 1. The van der Waals surface area contributed by atoms with E-state index in [4.69, 9.17) is 0 Å². The number of carbonyl (C=O) groups is 1. The fraction of sp³-hybridized carbons (Fsp3) is 0.300. The number of aromatic hydroxyl groups is 1. The van der Waals surface area contributed by atoms with Crippen LogP contribution in [0, 0.1) is 6.92 Å². The van der Waals surface area contributed by atoms with Crippen LogP contribution in [0.5, 0.6) is 5.75 Å². The van der Waals surface area contributed by atoms with E-state index in [0.29, 0.717) is 10.0 Å². The maximum Gasteiger partial charge on any atom is 0.181 e. The largest absolute Gasteiger partial charge is 0.507 e. The molecule has 0 heterocycles. The molecule has 1 aromatic rings. The Bertz CT molecular complexity index is 340. The van der Waals surface area contributed by atoms with Crippen molar-refractivity contribution in [2.45, 2.75) is 6.92 Å². The summed E-state index contributed by atoms with van der Waals surface area (Å²) in [5, 5.41) is 12.3. The van der Waals surface area contributed by atoms with Gasteiger partial charge in [-0.05, 0) is 47.6 Å². The molecule has 0 saturated carbocycles. The Labute approximate surface area is 91.3 Å². The standard InChI is InChI=1S/C10H12BrNO2/c1-6-3-7(11)10(8(13)4-6)9(14)5-12-2/h3-4,12-13H,5H2,1-2H3. The second-order valence-electron chi connectivity index (χ2n) is 3.09. The van der Waals surface area contributed by atoms with Crippen LogP contribution in [0.25, 0.3) is 0 Å². The van der Waals surface area contributed by atoms with Gasteiger partial charge in [0.2, 0.25) is 0 Å². The minimum Gasteiger partial charge on any atom is -0.507 e. The van der Waals surface area contributed by atoms with Gasteiger partial charge in [0.05, 0.1) is 12.1 Å². The van der Waals surface area contributed by atoms with Gasteiger partial charge in [-0.25, -0.2) is 0 Å². The quantitative estimate of drug-likeness (QED) is 0.813. The molecule has 1 aromatic carbocycles. The molecule has 0 aliphatic rings. The van der Waals surface area contributed by atoms with Gasteiger partial charge >= 0.3 is 0 Å². The summed E-state index contributed by atoms with van der Waals surface area (Å²) >= 11 is 3.26. The highest BCUT2D eigenvalue weighted by molar-refractivity contribution is 9.10. The molecule has 0 spiro atoms. The fourth-order valence-corrected chi connectivity index (χ4v) is 2.03. The van der Waals surface area contributed by atoms with Crippen molar-refractivity contribution in [3.8, 4) is 5.75 Å². The van der Waals surface area contributed by atoms with Crippen LogP contribution in [0.3, 0.4) is 0 Å². The molecule has 3 nitrogen and oxygen atoms in total. The van der Waals surface area contributed by atoms with Crippen molar-refractivity contribution in [1.29, 1.82) is 0 Å². The second kappa shape index (κ2) is 4.57. The molecule has 0 fully saturated rings. The third-order valence-electron chi connectivity index (χ3n) is 1.83. The highest BCUT2D eigenvalue weighted by Crippen LogP contribution is 2.27. The van der Waals surface area contributed by atoms with Gasteiger partial charge in [-0.3, -0.25) is 4.79 Å². The summed E-state index contributed by atoms with van der Waals surface area (Å²) in [5.74, 6) is -0.103. The second-order valence-corrected chi connectivity index (χ2v) is 3.95. The summed E-state index contributed by atoms with van der Waals surface area (Å²) in [6, 6.07) is 3.39. The van der Waals surface area contributed by atoms with Crippen LogP contribution in [0.1, 0.15) is 15.9 Å². The van der Waals surface area contributed by atoms with Crippen molar-refractivity contribution in [3.05, 3.63) is 27.7 Å². The molecule has 76 valence electrons. The van der Waals surface area contributed by atoms with Gasteiger partial charge in [0, 0.05) is 4.47 Å². The van der Waals surface area contributed by atoms with Gasteiger partial charge in [-0.15, -0.1) is 0 Å². The molecule has 0 unspecified atom stereocenters. The molecular weight excluding hydrogens is 246 g/mol. The first-order valence-corrected chi connectivity index (χ1v) is 5.02. The van der Waals surface area contributed by atoms with Crippen molar-refractivity contribution >= 4 is 21.7 Å². The van der Waals surface area contributed by atoms with Crippen molar-refractivity contribution in [3.63, 3.8) is 0 Å². The Morgan fingerprint density at radius 2 is 2.21 bits per heavy atom. The van der Waals surface area contributed by atoms with E-state index in [1.165, 1.54) is 0 Å². The molecular formula is C10H12BrNO2. The smallest absolute Gasteiger partial charge is 0.181 e. The summed E-state index contributed by atoms with van der Waals surface area (Å²) in [5.41, 5.74) is 1.25. The Morgan fingerprint density at radius 3 is 2.71 bits per heavy atom. The SMILES string of the molecule is CNCC(=O)c1c(O)cc(C)cc1Br. The van der Waals surface area contributed by atoms with Crippen LogP contribution in [0.2, 0.25) is 0 Å². The third-order valence-corrected chi connectivity index (χ3v) is 2.46. The monoisotopic (exact) mass is 257 g/mol. The predicted molar refractivity (Wildman–Crippen MR) is 58.8 cm³/mol. The molecule has 0 amide bonds. The number of phenolic OH excluding ortho intramolecular Hbond substituents is 1. The van der Waals surface area contributed by atoms with Crippen LogP contribution < -0.4 is 5.32 Å². The van der Waals surface area contributed by atoms with E-state index in [9.17, 15) is 9.90 Å². The molecule has 0 aliphatic heterocycles. The number of hydrogen-bond acceptors (Lipinski definition) is 3. The first-order valence-electron chi connectivity index (χ1n) is 4.23. The zero-order valence-electron chi connectivity index (χ0n) is 8.10. The first-order chi connectivity index (χ1) is 6.56. The minimum absolute atomic E-state index is 0.0251.